The van der Waals surface area contributed by atoms with Gasteiger partial charge < -0.3 is 9.47 Å². The molecule has 0 aromatic heterocycles. The van der Waals surface area contributed by atoms with E-state index in [1.54, 1.807) is 30.5 Å². The lowest BCUT2D eigenvalue weighted by Gasteiger charge is -2.26. The lowest BCUT2D eigenvalue weighted by molar-refractivity contribution is -0.121. The van der Waals surface area contributed by atoms with Gasteiger partial charge in [-0.25, -0.2) is 13.8 Å². The summed E-state index contributed by atoms with van der Waals surface area (Å²) >= 11 is 0. The average molecular weight is 494 g/mol. The lowest BCUT2D eigenvalue weighted by Crippen LogP contribution is -2.40. The van der Waals surface area contributed by atoms with Gasteiger partial charge in [-0.15, -0.1) is 0 Å². The number of nitrogens with one attached hydrogen (secondary N) is 1. The van der Waals surface area contributed by atoms with Gasteiger partial charge in [-0.2, -0.15) is 9.41 Å². The standard InChI is InChI=1S/C26H27N3O5S/c30-26(28-27-20-22-5-4-8-24(19-22)34-23-6-2-1-3-7-23)14-11-21-9-12-25(13-10-21)35(31,32)29-15-17-33-18-16-29/h1-10,12-13,19-20H,11,14-18H2,(H,28,30). The molecule has 8 nitrogen and oxygen atoms in total. The summed E-state index contributed by atoms with van der Waals surface area (Å²) in [5.41, 5.74) is 4.18. The number of para-hydroxylation sites is 1. The molecular formula is C26H27N3O5S. The smallest absolute Gasteiger partial charge is 0.243 e. The molecule has 1 heterocycles. The molecule has 182 valence electrons. The van der Waals surface area contributed by atoms with Gasteiger partial charge in [0.15, 0.2) is 0 Å². The molecule has 1 amide bonds. The fourth-order valence-electron chi connectivity index (χ4n) is 3.54. The molecule has 1 N–H and O–H groups in total. The summed E-state index contributed by atoms with van der Waals surface area (Å²) in [6.45, 7) is 1.52. The van der Waals surface area contributed by atoms with Crippen LogP contribution in [0.5, 0.6) is 11.5 Å². The van der Waals surface area contributed by atoms with Gasteiger partial charge in [0.25, 0.3) is 0 Å². The third-order valence-corrected chi connectivity index (χ3v) is 7.32. The van der Waals surface area contributed by atoms with Gasteiger partial charge in [-0.1, -0.05) is 42.5 Å². The van der Waals surface area contributed by atoms with Gasteiger partial charge in [-0.3, -0.25) is 4.79 Å². The number of benzene rings is 3. The summed E-state index contributed by atoms with van der Waals surface area (Å²) in [7, 11) is -3.52. The van der Waals surface area contributed by atoms with Crippen molar-refractivity contribution in [3.05, 3.63) is 90.0 Å². The Kier molecular flexibility index (Phi) is 8.25. The maximum Gasteiger partial charge on any atom is 0.243 e. The van der Waals surface area contributed by atoms with E-state index in [0.29, 0.717) is 38.5 Å². The SMILES string of the molecule is O=C(CCc1ccc(S(=O)(=O)N2CCOCC2)cc1)NN=Cc1cccc(Oc2ccccc2)c1. The van der Waals surface area contributed by atoms with Crippen molar-refractivity contribution in [3.63, 3.8) is 0 Å². The molecule has 1 aliphatic heterocycles. The second kappa shape index (κ2) is 11.7. The van der Waals surface area contributed by atoms with Crippen molar-refractivity contribution < 1.29 is 22.7 Å². The molecule has 0 radical (unpaired) electrons. The molecule has 3 aromatic carbocycles. The average Bonchev–Trinajstić information content (AvgIpc) is 2.89. The van der Waals surface area contributed by atoms with Crippen molar-refractivity contribution in [1.29, 1.82) is 0 Å². The number of hydrogen-bond acceptors (Lipinski definition) is 6. The number of aryl methyl sites for hydroxylation is 1. The predicted molar refractivity (Wildman–Crippen MR) is 133 cm³/mol. The zero-order chi connectivity index (χ0) is 24.5. The summed E-state index contributed by atoms with van der Waals surface area (Å²) in [4.78, 5) is 12.4. The van der Waals surface area contributed by atoms with Crippen LogP contribution in [0.2, 0.25) is 0 Å². The van der Waals surface area contributed by atoms with Crippen LogP contribution in [-0.4, -0.2) is 51.1 Å². The molecule has 4 rings (SSSR count). The third kappa shape index (κ3) is 6.98. The Hall–Kier alpha value is -3.53. The van der Waals surface area contributed by atoms with E-state index in [4.69, 9.17) is 9.47 Å². The van der Waals surface area contributed by atoms with E-state index in [2.05, 4.69) is 10.5 Å². The van der Waals surface area contributed by atoms with Crippen molar-refractivity contribution in [2.45, 2.75) is 17.7 Å². The number of hydrazone groups is 1. The number of ether oxygens (including phenoxy) is 2. The highest BCUT2D eigenvalue weighted by molar-refractivity contribution is 7.89. The second-order valence-electron chi connectivity index (χ2n) is 7.94. The highest BCUT2D eigenvalue weighted by Gasteiger charge is 2.26. The fourth-order valence-corrected chi connectivity index (χ4v) is 4.95. The zero-order valence-electron chi connectivity index (χ0n) is 19.2. The molecule has 1 saturated heterocycles. The van der Waals surface area contributed by atoms with Gasteiger partial charge in [0.05, 0.1) is 24.3 Å². The zero-order valence-corrected chi connectivity index (χ0v) is 20.0. The van der Waals surface area contributed by atoms with Crippen LogP contribution in [0, 0.1) is 0 Å². The van der Waals surface area contributed by atoms with E-state index in [0.717, 1.165) is 16.9 Å². The van der Waals surface area contributed by atoms with Crippen LogP contribution in [0.4, 0.5) is 0 Å². The van der Waals surface area contributed by atoms with E-state index >= 15 is 0 Å². The molecule has 0 bridgehead atoms. The Bertz CT molecular complexity index is 1260. The molecule has 0 unspecified atom stereocenters. The van der Waals surface area contributed by atoms with Crippen molar-refractivity contribution in [1.82, 2.24) is 9.73 Å². The number of amides is 1. The van der Waals surface area contributed by atoms with Crippen LogP contribution in [0.1, 0.15) is 17.5 Å². The van der Waals surface area contributed by atoms with E-state index in [1.165, 1.54) is 4.31 Å². The first-order valence-corrected chi connectivity index (χ1v) is 12.8. The largest absolute Gasteiger partial charge is 0.457 e. The van der Waals surface area contributed by atoms with Crippen molar-refractivity contribution in [3.8, 4) is 11.5 Å². The Labute approximate surface area is 205 Å². The molecule has 3 aromatic rings. The number of carbonyl (C=O) groups is 1. The predicted octanol–water partition coefficient (Wildman–Crippen LogP) is 3.58. The number of hydrogen-bond donors (Lipinski definition) is 1. The summed E-state index contributed by atoms with van der Waals surface area (Å²) < 4.78 is 37.8. The monoisotopic (exact) mass is 493 g/mol. The number of morpholine rings is 1. The van der Waals surface area contributed by atoms with Crippen LogP contribution in [0.3, 0.4) is 0 Å². The molecular weight excluding hydrogens is 466 g/mol. The van der Waals surface area contributed by atoms with Crippen LogP contribution >= 0.6 is 0 Å². The maximum absolute atomic E-state index is 12.7. The number of sulfonamides is 1. The van der Waals surface area contributed by atoms with Crippen molar-refractivity contribution in [2.24, 2.45) is 5.10 Å². The summed E-state index contributed by atoms with van der Waals surface area (Å²) in [6, 6.07) is 23.5. The van der Waals surface area contributed by atoms with Crippen molar-refractivity contribution >= 4 is 22.1 Å². The Morgan fingerprint density at radius 2 is 1.69 bits per heavy atom. The molecule has 35 heavy (non-hydrogen) atoms. The summed E-state index contributed by atoms with van der Waals surface area (Å²) in [6.07, 6.45) is 2.25. The number of carbonyl (C=O) groups excluding carboxylic acids is 1. The summed E-state index contributed by atoms with van der Waals surface area (Å²) in [5.74, 6) is 1.18. The first-order valence-electron chi connectivity index (χ1n) is 11.3. The number of rotatable bonds is 9. The van der Waals surface area contributed by atoms with Gasteiger partial charge >= 0.3 is 0 Å². The molecule has 0 atom stereocenters. The fraction of sp³-hybridized carbons (Fsp3) is 0.231. The van der Waals surface area contributed by atoms with E-state index in [9.17, 15) is 13.2 Å². The second-order valence-corrected chi connectivity index (χ2v) is 9.88. The first-order chi connectivity index (χ1) is 17.0. The van der Waals surface area contributed by atoms with E-state index in [1.807, 2.05) is 54.6 Å². The lowest BCUT2D eigenvalue weighted by atomic mass is 10.1. The minimum absolute atomic E-state index is 0.226. The van der Waals surface area contributed by atoms with Gasteiger partial charge in [0.2, 0.25) is 15.9 Å². The van der Waals surface area contributed by atoms with Crippen LogP contribution < -0.4 is 10.2 Å². The van der Waals surface area contributed by atoms with Crippen LogP contribution in [0.25, 0.3) is 0 Å². The third-order valence-electron chi connectivity index (χ3n) is 5.41. The molecule has 0 spiro atoms. The van der Waals surface area contributed by atoms with Gasteiger partial charge in [0, 0.05) is 19.5 Å². The van der Waals surface area contributed by atoms with Crippen LogP contribution in [-0.2, 0) is 26.0 Å². The Morgan fingerprint density at radius 1 is 0.971 bits per heavy atom. The maximum atomic E-state index is 12.7. The molecule has 1 aliphatic rings. The van der Waals surface area contributed by atoms with Crippen LogP contribution in [0.15, 0.2) is 88.9 Å². The molecule has 0 saturated carbocycles. The Morgan fingerprint density at radius 3 is 2.43 bits per heavy atom. The van der Waals surface area contributed by atoms with Crippen molar-refractivity contribution in [2.75, 3.05) is 26.3 Å². The normalized spacial score (nSPS) is 14.6. The highest BCUT2D eigenvalue weighted by atomic mass is 32.2. The minimum atomic E-state index is -3.52. The van der Waals surface area contributed by atoms with E-state index in [-0.39, 0.29) is 17.2 Å². The minimum Gasteiger partial charge on any atom is -0.457 e. The van der Waals surface area contributed by atoms with Gasteiger partial charge in [-0.05, 0) is 53.9 Å². The molecule has 0 aliphatic carbocycles. The molecule has 1 fully saturated rings. The highest BCUT2D eigenvalue weighted by Crippen LogP contribution is 2.21. The molecule has 9 heteroatoms. The van der Waals surface area contributed by atoms with Gasteiger partial charge in [0.1, 0.15) is 11.5 Å². The quantitative estimate of drug-likeness (QED) is 0.363. The topological polar surface area (TPSA) is 97.3 Å². The Balaban J connectivity index is 1.25. The summed E-state index contributed by atoms with van der Waals surface area (Å²) in [5, 5.41) is 4.03. The first kappa shape index (κ1) is 24.6. The van der Waals surface area contributed by atoms with E-state index < -0.39 is 10.0 Å². The number of nitrogens with zero attached hydrogens (tertiary/aromatic N) is 2.